The topological polar surface area (TPSA) is 60.8 Å². The van der Waals surface area contributed by atoms with Gasteiger partial charge in [-0.1, -0.05) is 0 Å². The minimum Gasteiger partial charge on any atom is -0.391 e. The van der Waals surface area contributed by atoms with E-state index in [1.165, 1.54) is 0 Å². The van der Waals surface area contributed by atoms with E-state index in [4.69, 9.17) is 6.42 Å². The van der Waals surface area contributed by atoms with E-state index >= 15 is 0 Å². The van der Waals surface area contributed by atoms with Crippen LogP contribution in [0.3, 0.4) is 0 Å². The van der Waals surface area contributed by atoms with E-state index in [1.807, 2.05) is 0 Å². The summed E-state index contributed by atoms with van der Waals surface area (Å²) in [6.45, 7) is 0.396. The number of amides is 1. The first-order valence-corrected chi connectivity index (χ1v) is 6.54. The van der Waals surface area contributed by atoms with Gasteiger partial charge in [-0.25, -0.2) is 0 Å². The molecule has 2 aliphatic rings. The van der Waals surface area contributed by atoms with Crippen LogP contribution >= 0.6 is 0 Å². The fourth-order valence-electron chi connectivity index (χ4n) is 2.68. The van der Waals surface area contributed by atoms with Crippen molar-refractivity contribution in [2.75, 3.05) is 13.6 Å². The third-order valence-corrected chi connectivity index (χ3v) is 4.04. The van der Waals surface area contributed by atoms with Crippen LogP contribution in [0.15, 0.2) is 0 Å². The standard InChI is InChI=1S/C14H21NO3/c1-3-6-14(18)7-11(8-14)13(17)15(2)9-12(16)10-4-5-10/h1,10-12,16,18H,4-9H2,2H3. The summed E-state index contributed by atoms with van der Waals surface area (Å²) in [5.41, 5.74) is -0.842. The van der Waals surface area contributed by atoms with Crippen LogP contribution < -0.4 is 0 Å². The van der Waals surface area contributed by atoms with Crippen LogP contribution in [-0.4, -0.2) is 46.3 Å². The number of carbonyl (C=O) groups excluding carboxylic acids is 1. The number of rotatable bonds is 5. The summed E-state index contributed by atoms with van der Waals surface area (Å²) in [5.74, 6) is 2.69. The van der Waals surface area contributed by atoms with Gasteiger partial charge in [0.05, 0.1) is 11.7 Å². The van der Waals surface area contributed by atoms with Gasteiger partial charge in [0.25, 0.3) is 0 Å². The Kier molecular flexibility index (Phi) is 3.65. The van der Waals surface area contributed by atoms with E-state index in [-0.39, 0.29) is 11.8 Å². The molecule has 0 aromatic carbocycles. The first-order valence-electron chi connectivity index (χ1n) is 6.54. The maximum absolute atomic E-state index is 12.0. The summed E-state index contributed by atoms with van der Waals surface area (Å²) < 4.78 is 0. The van der Waals surface area contributed by atoms with Crippen LogP contribution in [-0.2, 0) is 4.79 Å². The van der Waals surface area contributed by atoms with Gasteiger partial charge in [0.2, 0.25) is 5.91 Å². The van der Waals surface area contributed by atoms with Gasteiger partial charge < -0.3 is 15.1 Å². The fraction of sp³-hybridized carbons (Fsp3) is 0.786. The second kappa shape index (κ2) is 4.91. The van der Waals surface area contributed by atoms with Crippen molar-refractivity contribution in [1.82, 2.24) is 4.90 Å². The molecule has 2 saturated carbocycles. The van der Waals surface area contributed by atoms with Gasteiger partial charge in [0.15, 0.2) is 0 Å². The summed E-state index contributed by atoms with van der Waals surface area (Å²) in [5, 5.41) is 19.7. The zero-order valence-corrected chi connectivity index (χ0v) is 10.8. The lowest BCUT2D eigenvalue weighted by atomic mass is 9.69. The summed E-state index contributed by atoms with van der Waals surface area (Å²) >= 11 is 0. The molecule has 0 spiro atoms. The van der Waals surface area contributed by atoms with Crippen LogP contribution in [0, 0.1) is 24.2 Å². The molecule has 0 aromatic heterocycles. The molecular formula is C14H21NO3. The number of carbonyl (C=O) groups is 1. The number of nitrogens with zero attached hydrogens (tertiary/aromatic N) is 1. The van der Waals surface area contributed by atoms with Crippen molar-refractivity contribution in [2.45, 2.75) is 43.8 Å². The molecule has 0 aromatic rings. The third kappa shape index (κ3) is 2.85. The minimum atomic E-state index is -0.842. The van der Waals surface area contributed by atoms with E-state index in [1.54, 1.807) is 11.9 Å². The molecule has 2 fully saturated rings. The molecule has 0 heterocycles. The van der Waals surface area contributed by atoms with Gasteiger partial charge in [-0.3, -0.25) is 4.79 Å². The van der Waals surface area contributed by atoms with Gasteiger partial charge in [-0.15, -0.1) is 12.3 Å². The highest BCUT2D eigenvalue weighted by Crippen LogP contribution is 2.41. The highest BCUT2D eigenvalue weighted by molar-refractivity contribution is 5.80. The van der Waals surface area contributed by atoms with Gasteiger partial charge in [0.1, 0.15) is 0 Å². The molecule has 18 heavy (non-hydrogen) atoms. The molecule has 1 amide bonds. The van der Waals surface area contributed by atoms with Crippen LogP contribution in [0.5, 0.6) is 0 Å². The number of terminal acetylenes is 1. The monoisotopic (exact) mass is 251 g/mol. The van der Waals surface area contributed by atoms with Crippen LogP contribution in [0.1, 0.15) is 32.1 Å². The van der Waals surface area contributed by atoms with Crippen molar-refractivity contribution < 1.29 is 15.0 Å². The van der Waals surface area contributed by atoms with E-state index in [0.717, 1.165) is 12.8 Å². The van der Waals surface area contributed by atoms with Crippen molar-refractivity contribution in [3.63, 3.8) is 0 Å². The average Bonchev–Trinajstić information content (AvgIpc) is 3.08. The molecule has 100 valence electrons. The van der Waals surface area contributed by atoms with Gasteiger partial charge in [-0.05, 0) is 31.6 Å². The predicted octanol–water partition coefficient (Wildman–Crippen LogP) is 0.380. The zero-order chi connectivity index (χ0) is 13.3. The first-order chi connectivity index (χ1) is 8.45. The number of hydrogen-bond acceptors (Lipinski definition) is 3. The van der Waals surface area contributed by atoms with Crippen LogP contribution in [0.25, 0.3) is 0 Å². The summed E-state index contributed by atoms with van der Waals surface area (Å²) in [6, 6.07) is 0. The Hall–Kier alpha value is -1.05. The molecule has 4 heteroatoms. The van der Waals surface area contributed by atoms with Crippen molar-refractivity contribution in [3.05, 3.63) is 0 Å². The highest BCUT2D eigenvalue weighted by atomic mass is 16.3. The lowest BCUT2D eigenvalue weighted by Crippen LogP contribution is -2.51. The molecule has 0 radical (unpaired) electrons. The Bertz CT molecular complexity index is 364. The van der Waals surface area contributed by atoms with Gasteiger partial charge in [-0.2, -0.15) is 0 Å². The number of likely N-dealkylation sites (N-methyl/N-ethyl adjacent to an activating group) is 1. The third-order valence-electron chi connectivity index (χ3n) is 4.04. The second-order valence-electron chi connectivity index (χ2n) is 5.83. The first kappa shape index (κ1) is 13.4. The minimum absolute atomic E-state index is 0.0106. The normalized spacial score (nSPS) is 32.2. The second-order valence-corrected chi connectivity index (χ2v) is 5.83. The molecule has 1 atom stereocenters. The maximum Gasteiger partial charge on any atom is 0.225 e. The fourth-order valence-corrected chi connectivity index (χ4v) is 2.68. The zero-order valence-electron chi connectivity index (χ0n) is 10.8. The average molecular weight is 251 g/mol. The van der Waals surface area contributed by atoms with Crippen LogP contribution in [0.2, 0.25) is 0 Å². The van der Waals surface area contributed by atoms with E-state index < -0.39 is 11.7 Å². The molecule has 2 aliphatic carbocycles. The SMILES string of the molecule is C#CCC1(O)CC(C(=O)N(C)CC(O)C2CC2)C1. The molecule has 1 unspecified atom stereocenters. The largest absolute Gasteiger partial charge is 0.391 e. The molecular weight excluding hydrogens is 230 g/mol. The molecule has 0 bridgehead atoms. The van der Waals surface area contributed by atoms with Crippen molar-refractivity contribution in [1.29, 1.82) is 0 Å². The van der Waals surface area contributed by atoms with Crippen molar-refractivity contribution in [2.24, 2.45) is 11.8 Å². The number of hydrogen-bond donors (Lipinski definition) is 2. The quantitative estimate of drug-likeness (QED) is 0.694. The molecule has 0 aliphatic heterocycles. The van der Waals surface area contributed by atoms with E-state index in [0.29, 0.717) is 31.7 Å². The van der Waals surface area contributed by atoms with Crippen molar-refractivity contribution in [3.8, 4) is 12.3 Å². The Labute approximate surface area is 108 Å². The molecule has 2 rings (SSSR count). The summed E-state index contributed by atoms with van der Waals surface area (Å²) in [7, 11) is 1.71. The van der Waals surface area contributed by atoms with E-state index in [9.17, 15) is 15.0 Å². The summed E-state index contributed by atoms with van der Waals surface area (Å²) in [6.07, 6.45) is 8.10. The van der Waals surface area contributed by atoms with Crippen LogP contribution in [0.4, 0.5) is 0 Å². The van der Waals surface area contributed by atoms with E-state index in [2.05, 4.69) is 5.92 Å². The maximum atomic E-state index is 12.0. The highest BCUT2D eigenvalue weighted by Gasteiger charge is 2.46. The van der Waals surface area contributed by atoms with Gasteiger partial charge in [0, 0.05) is 25.9 Å². The Morgan fingerprint density at radius 3 is 2.67 bits per heavy atom. The lowest BCUT2D eigenvalue weighted by Gasteiger charge is -2.43. The predicted molar refractivity (Wildman–Crippen MR) is 67.5 cm³/mol. The molecule has 0 saturated heterocycles. The van der Waals surface area contributed by atoms with Crippen molar-refractivity contribution >= 4 is 5.91 Å². The Morgan fingerprint density at radius 2 is 2.17 bits per heavy atom. The lowest BCUT2D eigenvalue weighted by molar-refractivity contribution is -0.151. The number of aliphatic hydroxyl groups excluding tert-OH is 1. The Morgan fingerprint density at radius 1 is 1.56 bits per heavy atom. The number of aliphatic hydroxyl groups is 2. The Balaban J connectivity index is 1.76. The summed E-state index contributed by atoms with van der Waals surface area (Å²) in [4.78, 5) is 13.6. The smallest absolute Gasteiger partial charge is 0.225 e. The van der Waals surface area contributed by atoms with Gasteiger partial charge >= 0.3 is 0 Å². The molecule has 2 N–H and O–H groups in total. The molecule has 4 nitrogen and oxygen atoms in total.